The van der Waals surface area contributed by atoms with Gasteiger partial charge >= 0.3 is 0 Å². The molecule has 0 radical (unpaired) electrons. The Bertz CT molecular complexity index is 400. The Morgan fingerprint density at radius 2 is 1.24 bits per heavy atom. The number of rotatable bonds is 11. The maximum atomic E-state index is 9.33. The molecular weight excluding hydrogens is 360 g/mol. The summed E-state index contributed by atoms with van der Waals surface area (Å²) in [5.41, 5.74) is 1.17. The first-order chi connectivity index (χ1) is 12.0. The summed E-state index contributed by atoms with van der Waals surface area (Å²) in [7, 11) is 4.75. The molecule has 0 bridgehead atoms. The summed E-state index contributed by atoms with van der Waals surface area (Å²) in [5, 5.41) is 9.33. The predicted molar refractivity (Wildman–Crippen MR) is 106 cm³/mol. The van der Waals surface area contributed by atoms with Crippen LogP contribution in [-0.4, -0.2) is 57.6 Å². The first-order valence-corrected chi connectivity index (χ1v) is 11.0. The molecule has 1 aromatic carbocycles. The normalized spacial score (nSPS) is 11.1. The maximum absolute atomic E-state index is 9.33. The van der Waals surface area contributed by atoms with Crippen LogP contribution in [0.4, 0.5) is 0 Å². The molecule has 146 valence electrons. The number of phenolic OH excluding ortho intramolecular Hbond substituents is 1. The van der Waals surface area contributed by atoms with E-state index in [4.69, 9.17) is 18.1 Å². The molecule has 0 saturated heterocycles. The highest BCUT2D eigenvalue weighted by Crippen LogP contribution is 2.41. The molecular formula is C17H33NO5P2. The number of aromatic hydroxyl groups is 1. The largest absolute Gasteiger partial charge is 0.508 e. The average Bonchev–Trinajstić information content (AvgIpc) is 2.63. The quantitative estimate of drug-likeness (QED) is 0.546. The van der Waals surface area contributed by atoms with Crippen LogP contribution in [-0.2, 0) is 24.5 Å². The van der Waals surface area contributed by atoms with E-state index in [9.17, 15) is 5.11 Å². The number of phenols is 1. The van der Waals surface area contributed by atoms with Crippen molar-refractivity contribution < 1.29 is 23.2 Å². The van der Waals surface area contributed by atoms with E-state index in [0.717, 1.165) is 13.0 Å². The highest BCUT2D eigenvalue weighted by molar-refractivity contribution is 7.48. The smallest absolute Gasteiger partial charge is 0.185 e. The lowest BCUT2D eigenvalue weighted by atomic mass is 10.1. The fourth-order valence-corrected chi connectivity index (χ4v) is 3.90. The van der Waals surface area contributed by atoms with Gasteiger partial charge in [0.05, 0.1) is 12.6 Å². The van der Waals surface area contributed by atoms with E-state index in [1.54, 1.807) is 40.6 Å². The highest BCUT2D eigenvalue weighted by Gasteiger charge is 2.18. The Morgan fingerprint density at radius 3 is 1.60 bits per heavy atom. The molecule has 0 fully saturated rings. The lowest BCUT2D eigenvalue weighted by Crippen LogP contribution is -2.27. The minimum atomic E-state index is -0.937. The molecule has 25 heavy (non-hydrogen) atoms. The van der Waals surface area contributed by atoms with E-state index in [1.165, 1.54) is 12.0 Å². The van der Waals surface area contributed by atoms with Crippen LogP contribution < -0.4 is 0 Å². The van der Waals surface area contributed by atoms with Gasteiger partial charge in [0.1, 0.15) is 5.75 Å². The molecule has 8 heteroatoms. The Kier molecular flexibility index (Phi) is 15.7. The van der Waals surface area contributed by atoms with Gasteiger partial charge in [-0.05, 0) is 24.1 Å². The Balaban J connectivity index is 0.00000178. The molecule has 1 N–H and O–H groups in total. The van der Waals surface area contributed by atoms with E-state index in [2.05, 4.69) is 18.7 Å². The third-order valence-corrected chi connectivity index (χ3v) is 5.99. The number of benzene rings is 1. The van der Waals surface area contributed by atoms with Crippen LogP contribution in [0.3, 0.4) is 0 Å². The maximum Gasteiger partial charge on any atom is 0.185 e. The standard InChI is InChI=1S/C14H25NO5P2.C3H8/c1-17-21(18-2)11-15(12-22(19-3)20-4)10-9-13-5-7-14(16)8-6-13;1-3-2/h5-8,16H,9-12H2,1-4H3;3H2,1-2H3. The zero-order chi connectivity index (χ0) is 19.1. The second-order valence-corrected chi connectivity index (χ2v) is 8.55. The first kappa shape index (κ1) is 24.7. The molecule has 1 rings (SSSR count). The van der Waals surface area contributed by atoms with E-state index in [-0.39, 0.29) is 5.75 Å². The van der Waals surface area contributed by atoms with Crippen molar-refractivity contribution in [3.8, 4) is 5.75 Å². The van der Waals surface area contributed by atoms with E-state index in [0.29, 0.717) is 12.6 Å². The molecule has 6 nitrogen and oxygen atoms in total. The monoisotopic (exact) mass is 393 g/mol. The summed E-state index contributed by atoms with van der Waals surface area (Å²) >= 11 is 0. The van der Waals surface area contributed by atoms with Crippen molar-refractivity contribution in [2.75, 3.05) is 47.6 Å². The summed E-state index contributed by atoms with van der Waals surface area (Å²) in [6.45, 7) is 5.09. The predicted octanol–water partition coefficient (Wildman–Crippen LogP) is 4.78. The van der Waals surface area contributed by atoms with E-state index >= 15 is 0 Å². The minimum Gasteiger partial charge on any atom is -0.508 e. The van der Waals surface area contributed by atoms with Gasteiger partial charge in [0.2, 0.25) is 0 Å². The van der Waals surface area contributed by atoms with Crippen molar-refractivity contribution in [3.63, 3.8) is 0 Å². The van der Waals surface area contributed by atoms with E-state index in [1.807, 2.05) is 12.1 Å². The summed E-state index contributed by atoms with van der Waals surface area (Å²) < 4.78 is 21.4. The number of nitrogens with zero attached hydrogens (tertiary/aromatic N) is 1. The van der Waals surface area contributed by atoms with Crippen molar-refractivity contribution in [1.82, 2.24) is 4.90 Å². The fourth-order valence-electron chi connectivity index (χ4n) is 1.84. The SMILES string of the molecule is CCC.COP(CN(CCc1ccc(O)cc1)CP(OC)OC)OC. The van der Waals surface area contributed by atoms with E-state index < -0.39 is 16.8 Å². The van der Waals surface area contributed by atoms with Crippen LogP contribution in [0.1, 0.15) is 25.8 Å². The van der Waals surface area contributed by atoms with Crippen molar-refractivity contribution >= 4 is 16.8 Å². The van der Waals surface area contributed by atoms with Gasteiger partial charge in [0, 0.05) is 35.0 Å². The molecule has 1 aromatic rings. The van der Waals surface area contributed by atoms with Crippen molar-refractivity contribution in [2.45, 2.75) is 26.7 Å². The molecule has 0 aliphatic carbocycles. The fraction of sp³-hybridized carbons (Fsp3) is 0.647. The molecule has 0 aliphatic rings. The summed E-state index contributed by atoms with van der Waals surface area (Å²) in [6, 6.07) is 7.26. The third kappa shape index (κ3) is 11.8. The summed E-state index contributed by atoms with van der Waals surface area (Å²) in [6.07, 6.45) is 3.52. The zero-order valence-electron chi connectivity index (χ0n) is 16.3. The van der Waals surface area contributed by atoms with Gasteiger partial charge in [0.25, 0.3) is 0 Å². The van der Waals surface area contributed by atoms with Crippen LogP contribution >= 0.6 is 16.8 Å². The zero-order valence-corrected chi connectivity index (χ0v) is 18.1. The molecule has 0 aromatic heterocycles. The van der Waals surface area contributed by atoms with Crippen LogP contribution in [0.25, 0.3) is 0 Å². The summed E-state index contributed by atoms with van der Waals surface area (Å²) in [5.74, 6) is 0.283. The summed E-state index contributed by atoms with van der Waals surface area (Å²) in [4.78, 5) is 2.23. The molecule has 0 saturated carbocycles. The molecule has 0 atom stereocenters. The molecule has 0 aliphatic heterocycles. The Morgan fingerprint density at radius 1 is 0.840 bits per heavy atom. The number of hydrogen-bond acceptors (Lipinski definition) is 6. The van der Waals surface area contributed by atoms with Crippen LogP contribution in [0, 0.1) is 0 Å². The average molecular weight is 393 g/mol. The van der Waals surface area contributed by atoms with Gasteiger partial charge in [-0.3, -0.25) is 4.90 Å². The van der Waals surface area contributed by atoms with Gasteiger partial charge in [-0.1, -0.05) is 32.4 Å². The van der Waals surface area contributed by atoms with Crippen molar-refractivity contribution in [1.29, 1.82) is 0 Å². The van der Waals surface area contributed by atoms with Crippen LogP contribution in [0.15, 0.2) is 24.3 Å². The van der Waals surface area contributed by atoms with Gasteiger partial charge in [-0.15, -0.1) is 0 Å². The molecule has 0 amide bonds. The second-order valence-electron chi connectivity index (χ2n) is 5.20. The topological polar surface area (TPSA) is 60.4 Å². The van der Waals surface area contributed by atoms with Gasteiger partial charge in [0.15, 0.2) is 16.8 Å². The van der Waals surface area contributed by atoms with Gasteiger partial charge in [-0.2, -0.15) is 0 Å². The second kappa shape index (κ2) is 15.9. The third-order valence-electron chi connectivity index (χ3n) is 3.10. The minimum absolute atomic E-state index is 0.283. The molecule has 0 heterocycles. The van der Waals surface area contributed by atoms with Crippen molar-refractivity contribution in [3.05, 3.63) is 29.8 Å². The Labute approximate surface area is 155 Å². The highest BCUT2D eigenvalue weighted by atomic mass is 31.2. The first-order valence-electron chi connectivity index (χ1n) is 8.26. The number of hydrogen-bond donors (Lipinski definition) is 1. The molecule has 0 spiro atoms. The van der Waals surface area contributed by atoms with Crippen LogP contribution in [0.2, 0.25) is 0 Å². The van der Waals surface area contributed by atoms with Gasteiger partial charge in [-0.25, -0.2) is 0 Å². The molecule has 0 unspecified atom stereocenters. The Hall–Kier alpha value is -0.320. The van der Waals surface area contributed by atoms with Crippen molar-refractivity contribution in [2.24, 2.45) is 0 Å². The van der Waals surface area contributed by atoms with Gasteiger partial charge < -0.3 is 23.2 Å². The van der Waals surface area contributed by atoms with Crippen LogP contribution in [0.5, 0.6) is 5.75 Å². The lowest BCUT2D eigenvalue weighted by molar-refractivity contribution is 0.275. The lowest BCUT2D eigenvalue weighted by Gasteiger charge is -2.27.